The SMILES string of the molecule is COCc1nc(CNC(=O)Nc2ccnn2Cc2ccc(C(C)C)cc2)cs1. The van der Waals surface area contributed by atoms with Crippen LogP contribution in [0.3, 0.4) is 0 Å². The summed E-state index contributed by atoms with van der Waals surface area (Å²) in [6.07, 6.45) is 1.68. The normalized spacial score (nSPS) is 11.0. The molecule has 2 amide bonds. The topological polar surface area (TPSA) is 81.1 Å². The van der Waals surface area contributed by atoms with Gasteiger partial charge in [-0.1, -0.05) is 38.1 Å². The first kappa shape index (κ1) is 20.0. The number of rotatable bonds is 8. The molecule has 3 rings (SSSR count). The smallest absolute Gasteiger partial charge is 0.320 e. The summed E-state index contributed by atoms with van der Waals surface area (Å²) in [7, 11) is 1.63. The molecule has 0 fully saturated rings. The lowest BCUT2D eigenvalue weighted by Gasteiger charge is -2.11. The number of aromatic nitrogens is 3. The molecule has 0 aliphatic rings. The maximum Gasteiger partial charge on any atom is 0.320 e. The van der Waals surface area contributed by atoms with Crippen LogP contribution >= 0.6 is 11.3 Å². The molecular weight excluding hydrogens is 374 g/mol. The van der Waals surface area contributed by atoms with Crippen LogP contribution in [0.4, 0.5) is 10.6 Å². The van der Waals surface area contributed by atoms with Crippen LogP contribution in [0.5, 0.6) is 0 Å². The van der Waals surface area contributed by atoms with E-state index in [0.29, 0.717) is 31.4 Å². The number of amides is 2. The fourth-order valence-electron chi connectivity index (χ4n) is 2.70. The van der Waals surface area contributed by atoms with Crippen molar-refractivity contribution in [3.8, 4) is 0 Å². The van der Waals surface area contributed by atoms with Crippen LogP contribution in [0, 0.1) is 0 Å². The van der Waals surface area contributed by atoms with E-state index in [1.165, 1.54) is 16.9 Å². The van der Waals surface area contributed by atoms with Crippen molar-refractivity contribution in [1.82, 2.24) is 20.1 Å². The van der Waals surface area contributed by atoms with E-state index in [0.717, 1.165) is 16.3 Å². The van der Waals surface area contributed by atoms with Crippen molar-refractivity contribution in [2.24, 2.45) is 0 Å². The maximum absolute atomic E-state index is 12.2. The minimum Gasteiger partial charge on any atom is -0.378 e. The van der Waals surface area contributed by atoms with Gasteiger partial charge in [-0.15, -0.1) is 11.3 Å². The van der Waals surface area contributed by atoms with Gasteiger partial charge in [-0.3, -0.25) is 5.32 Å². The molecule has 3 aromatic rings. The Labute approximate surface area is 168 Å². The highest BCUT2D eigenvalue weighted by atomic mass is 32.1. The number of hydrogen-bond donors (Lipinski definition) is 2. The average Bonchev–Trinajstić information content (AvgIpc) is 3.30. The summed E-state index contributed by atoms with van der Waals surface area (Å²) in [5.41, 5.74) is 3.24. The molecule has 1 aromatic carbocycles. The van der Waals surface area contributed by atoms with E-state index in [-0.39, 0.29) is 6.03 Å². The predicted molar refractivity (Wildman–Crippen MR) is 111 cm³/mol. The van der Waals surface area contributed by atoms with Crippen LogP contribution < -0.4 is 10.6 Å². The number of carbonyl (C=O) groups is 1. The molecule has 0 atom stereocenters. The van der Waals surface area contributed by atoms with Gasteiger partial charge in [0, 0.05) is 18.6 Å². The minimum absolute atomic E-state index is 0.293. The van der Waals surface area contributed by atoms with Gasteiger partial charge in [0.1, 0.15) is 10.8 Å². The average molecular weight is 400 g/mol. The van der Waals surface area contributed by atoms with Crippen molar-refractivity contribution in [1.29, 1.82) is 0 Å². The van der Waals surface area contributed by atoms with E-state index >= 15 is 0 Å². The Balaban J connectivity index is 1.54. The summed E-state index contributed by atoms with van der Waals surface area (Å²) in [5, 5.41) is 12.8. The number of nitrogens with zero attached hydrogens (tertiary/aromatic N) is 3. The van der Waals surface area contributed by atoms with Gasteiger partial charge in [-0.2, -0.15) is 5.10 Å². The van der Waals surface area contributed by atoms with Crippen molar-refractivity contribution >= 4 is 23.2 Å². The third kappa shape index (κ3) is 5.40. The first-order valence-electron chi connectivity index (χ1n) is 9.13. The highest BCUT2D eigenvalue weighted by Gasteiger charge is 2.09. The fraction of sp³-hybridized carbons (Fsp3) is 0.350. The molecule has 7 nitrogen and oxygen atoms in total. The Hall–Kier alpha value is -2.71. The molecule has 0 saturated heterocycles. The number of carbonyl (C=O) groups excluding carboxylic acids is 1. The summed E-state index contributed by atoms with van der Waals surface area (Å²) in [6.45, 7) is 5.78. The van der Waals surface area contributed by atoms with Crippen molar-refractivity contribution in [2.45, 2.75) is 39.5 Å². The number of urea groups is 1. The van der Waals surface area contributed by atoms with Crippen molar-refractivity contribution < 1.29 is 9.53 Å². The van der Waals surface area contributed by atoms with Crippen LogP contribution in [0.25, 0.3) is 0 Å². The second kappa shape index (κ2) is 9.48. The molecule has 0 aliphatic heterocycles. The van der Waals surface area contributed by atoms with E-state index < -0.39 is 0 Å². The van der Waals surface area contributed by atoms with E-state index in [9.17, 15) is 4.79 Å². The lowest BCUT2D eigenvalue weighted by molar-refractivity contribution is 0.184. The summed E-state index contributed by atoms with van der Waals surface area (Å²) in [6, 6.07) is 9.95. The van der Waals surface area contributed by atoms with E-state index in [2.05, 4.69) is 58.8 Å². The van der Waals surface area contributed by atoms with Crippen LogP contribution in [0.1, 0.15) is 41.6 Å². The van der Waals surface area contributed by atoms with Gasteiger partial charge in [0.15, 0.2) is 0 Å². The zero-order valence-corrected chi connectivity index (χ0v) is 17.1. The summed E-state index contributed by atoms with van der Waals surface area (Å²) in [5.74, 6) is 1.15. The van der Waals surface area contributed by atoms with Gasteiger partial charge in [-0.25, -0.2) is 14.5 Å². The lowest BCUT2D eigenvalue weighted by atomic mass is 10.0. The molecule has 0 saturated carbocycles. The molecule has 0 spiro atoms. The zero-order valence-electron chi connectivity index (χ0n) is 16.3. The third-order valence-electron chi connectivity index (χ3n) is 4.23. The molecule has 8 heteroatoms. The predicted octanol–water partition coefficient (Wildman–Crippen LogP) is 3.98. The Morgan fingerprint density at radius 3 is 2.75 bits per heavy atom. The summed E-state index contributed by atoms with van der Waals surface area (Å²) in [4.78, 5) is 16.6. The largest absolute Gasteiger partial charge is 0.378 e. The van der Waals surface area contributed by atoms with Crippen LogP contribution in [0.15, 0.2) is 41.9 Å². The standard InChI is InChI=1S/C20H25N5O2S/c1-14(2)16-6-4-15(5-7-16)11-25-18(8-9-22-25)24-20(26)21-10-17-13-28-19(23-17)12-27-3/h4-9,13-14H,10-12H2,1-3H3,(H2,21,24,26). The highest BCUT2D eigenvalue weighted by Crippen LogP contribution is 2.16. The molecule has 148 valence electrons. The Morgan fingerprint density at radius 1 is 1.25 bits per heavy atom. The molecule has 2 N–H and O–H groups in total. The number of benzene rings is 1. The summed E-state index contributed by atoms with van der Waals surface area (Å²) < 4.78 is 6.82. The van der Waals surface area contributed by atoms with Gasteiger partial charge in [0.25, 0.3) is 0 Å². The monoisotopic (exact) mass is 399 g/mol. The Morgan fingerprint density at radius 2 is 2.04 bits per heavy atom. The lowest BCUT2D eigenvalue weighted by Crippen LogP contribution is -2.29. The minimum atomic E-state index is -0.293. The third-order valence-corrected chi connectivity index (χ3v) is 5.11. The van der Waals surface area contributed by atoms with Gasteiger partial charge in [-0.05, 0) is 17.0 Å². The molecule has 0 radical (unpaired) electrons. The first-order valence-corrected chi connectivity index (χ1v) is 10.0. The Kier molecular flexibility index (Phi) is 6.78. The van der Waals surface area contributed by atoms with Crippen LogP contribution in [-0.2, 0) is 24.4 Å². The van der Waals surface area contributed by atoms with Crippen molar-refractivity contribution in [3.63, 3.8) is 0 Å². The number of nitrogens with one attached hydrogen (secondary N) is 2. The maximum atomic E-state index is 12.2. The first-order chi connectivity index (χ1) is 13.5. The molecule has 0 bridgehead atoms. The quantitative estimate of drug-likeness (QED) is 0.600. The molecule has 2 aromatic heterocycles. The fourth-order valence-corrected chi connectivity index (χ4v) is 3.46. The van der Waals surface area contributed by atoms with Gasteiger partial charge in [0.05, 0.1) is 31.6 Å². The second-order valence-corrected chi connectivity index (χ2v) is 7.69. The molecule has 0 aliphatic carbocycles. The second-order valence-electron chi connectivity index (χ2n) is 6.74. The molecule has 0 unspecified atom stereocenters. The number of thiazole rings is 1. The zero-order chi connectivity index (χ0) is 19.9. The number of methoxy groups -OCH3 is 1. The molecule has 28 heavy (non-hydrogen) atoms. The van der Waals surface area contributed by atoms with Gasteiger partial charge < -0.3 is 10.1 Å². The van der Waals surface area contributed by atoms with E-state index in [4.69, 9.17) is 4.74 Å². The summed E-state index contributed by atoms with van der Waals surface area (Å²) >= 11 is 1.52. The van der Waals surface area contributed by atoms with Crippen molar-refractivity contribution in [3.05, 3.63) is 63.7 Å². The van der Waals surface area contributed by atoms with Crippen molar-refractivity contribution in [2.75, 3.05) is 12.4 Å². The van der Waals surface area contributed by atoms with E-state index in [1.54, 1.807) is 24.1 Å². The van der Waals surface area contributed by atoms with Gasteiger partial charge >= 0.3 is 6.03 Å². The van der Waals surface area contributed by atoms with Crippen LogP contribution in [-0.4, -0.2) is 27.9 Å². The molecule has 2 heterocycles. The van der Waals surface area contributed by atoms with Crippen LogP contribution in [0.2, 0.25) is 0 Å². The Bertz CT molecular complexity index is 901. The number of ether oxygens (including phenoxy) is 1. The highest BCUT2D eigenvalue weighted by molar-refractivity contribution is 7.09. The molecular formula is C20H25N5O2S. The van der Waals surface area contributed by atoms with Gasteiger partial charge in [0.2, 0.25) is 0 Å². The number of hydrogen-bond acceptors (Lipinski definition) is 5. The van der Waals surface area contributed by atoms with E-state index in [1.807, 2.05) is 5.38 Å². The number of anilines is 1.